The molecule has 184 valence electrons. The second-order valence-electron chi connectivity index (χ2n) is 8.40. The maximum atomic E-state index is 11.6. The zero-order valence-corrected chi connectivity index (χ0v) is 18.8. The van der Waals surface area contributed by atoms with Crippen LogP contribution in [0.15, 0.2) is 27.4 Å². The van der Waals surface area contributed by atoms with Crippen molar-refractivity contribution in [1.29, 1.82) is 0 Å². The van der Waals surface area contributed by atoms with E-state index in [0.717, 1.165) is 0 Å². The molecular weight excluding hydrogens is 440 g/mol. The molecule has 2 heterocycles. The first-order valence-corrected chi connectivity index (χ1v) is 10.4. The highest BCUT2D eigenvalue weighted by Crippen LogP contribution is 2.39. The van der Waals surface area contributed by atoms with Crippen LogP contribution in [0.4, 0.5) is 0 Å². The first-order chi connectivity index (χ1) is 15.5. The number of hydrogen-bond donors (Lipinski definition) is 5. The first kappa shape index (κ1) is 25.4. The predicted molar refractivity (Wildman–Crippen MR) is 114 cm³/mol. The minimum atomic E-state index is -1.61. The molecule has 11 nitrogen and oxygen atoms in total. The normalized spacial score (nSPS) is 26.9. The summed E-state index contributed by atoms with van der Waals surface area (Å²) in [4.78, 5) is 11.6. The molecule has 1 unspecified atom stereocenters. The highest BCUT2D eigenvalue weighted by Gasteiger charge is 2.47. The van der Waals surface area contributed by atoms with Gasteiger partial charge < -0.3 is 48.9 Å². The molecule has 0 radical (unpaired) electrons. The van der Waals surface area contributed by atoms with Crippen LogP contribution < -0.4 is 15.1 Å². The number of aliphatic hydroxyl groups excluding tert-OH is 5. The van der Waals surface area contributed by atoms with Crippen LogP contribution in [0.25, 0.3) is 11.0 Å². The Kier molecular flexibility index (Phi) is 7.64. The summed E-state index contributed by atoms with van der Waals surface area (Å²) in [5.74, 6) is 0.659. The van der Waals surface area contributed by atoms with E-state index in [2.05, 4.69) is 0 Å². The van der Waals surface area contributed by atoms with Crippen LogP contribution in [0.3, 0.4) is 0 Å². The molecule has 0 amide bonds. The van der Waals surface area contributed by atoms with Gasteiger partial charge in [-0.15, -0.1) is 0 Å². The van der Waals surface area contributed by atoms with Crippen LogP contribution in [0.1, 0.15) is 19.4 Å². The zero-order valence-electron chi connectivity index (χ0n) is 18.8. The molecular formula is C22H30O11. The summed E-state index contributed by atoms with van der Waals surface area (Å²) in [6.07, 6.45) is -8.52. The van der Waals surface area contributed by atoms with Crippen LogP contribution in [0, 0.1) is 0 Å². The number of hydrogen-bond acceptors (Lipinski definition) is 11. The fourth-order valence-corrected chi connectivity index (χ4v) is 3.80. The van der Waals surface area contributed by atoms with E-state index < -0.39 is 54.6 Å². The Morgan fingerprint density at radius 2 is 1.79 bits per heavy atom. The molecule has 1 aliphatic heterocycles. The van der Waals surface area contributed by atoms with Gasteiger partial charge in [0.15, 0.2) is 6.29 Å². The fourth-order valence-electron chi connectivity index (χ4n) is 3.80. The van der Waals surface area contributed by atoms with Crippen molar-refractivity contribution < 1.29 is 48.9 Å². The summed E-state index contributed by atoms with van der Waals surface area (Å²) in [5, 5.41) is 51.1. The topological polar surface area (TPSA) is 168 Å². The van der Waals surface area contributed by atoms with Gasteiger partial charge in [0, 0.05) is 24.1 Å². The predicted octanol–water partition coefficient (Wildman–Crippen LogP) is -0.691. The number of aliphatic hydroxyl groups is 5. The average Bonchev–Trinajstić information content (AvgIpc) is 2.78. The standard InChI is InChI=1S/C22H30O11/c1-22(2,33-21-19(28)18(27)17(26)14(9-23)32-21)15(24)7-11-12(29-3)8-13-10(20(11)30-4)5-6-16(25)31-13/h5-6,8,14-15,17-19,21,23-24,26-28H,7,9H2,1-4H3/t14-,15?,17-,18+,19-,21+/m1/s1. The molecule has 3 rings (SSSR count). The summed E-state index contributed by atoms with van der Waals surface area (Å²) in [7, 11) is 2.86. The van der Waals surface area contributed by atoms with Gasteiger partial charge in [0.2, 0.25) is 0 Å². The lowest BCUT2D eigenvalue weighted by molar-refractivity contribution is -0.331. The Labute approximate surface area is 189 Å². The third-order valence-corrected chi connectivity index (χ3v) is 5.83. The van der Waals surface area contributed by atoms with Crippen LogP contribution in [-0.2, 0) is 15.9 Å². The molecule has 6 atom stereocenters. The quantitative estimate of drug-likeness (QED) is 0.310. The van der Waals surface area contributed by atoms with E-state index in [-0.39, 0.29) is 12.0 Å². The van der Waals surface area contributed by atoms with E-state index >= 15 is 0 Å². The third kappa shape index (κ3) is 4.99. The van der Waals surface area contributed by atoms with Crippen LogP contribution in [0.5, 0.6) is 11.5 Å². The summed E-state index contributed by atoms with van der Waals surface area (Å²) in [6.45, 7) is 2.51. The largest absolute Gasteiger partial charge is 0.496 e. The molecule has 0 saturated carbocycles. The number of benzene rings is 1. The van der Waals surface area contributed by atoms with Crippen molar-refractivity contribution in [2.75, 3.05) is 20.8 Å². The van der Waals surface area contributed by atoms with E-state index in [1.807, 2.05) is 0 Å². The fraction of sp³-hybridized carbons (Fsp3) is 0.591. The smallest absolute Gasteiger partial charge is 0.336 e. The lowest BCUT2D eigenvalue weighted by Crippen LogP contribution is -2.61. The lowest BCUT2D eigenvalue weighted by Gasteiger charge is -2.43. The molecule has 5 N–H and O–H groups in total. The molecule has 0 spiro atoms. The van der Waals surface area contributed by atoms with Gasteiger partial charge in [-0.3, -0.25) is 0 Å². The molecule has 1 fully saturated rings. The van der Waals surface area contributed by atoms with Crippen molar-refractivity contribution >= 4 is 11.0 Å². The Bertz CT molecular complexity index is 1020. The maximum absolute atomic E-state index is 11.6. The van der Waals surface area contributed by atoms with Gasteiger partial charge in [0.05, 0.1) is 37.9 Å². The van der Waals surface area contributed by atoms with Gasteiger partial charge in [-0.05, 0) is 19.9 Å². The van der Waals surface area contributed by atoms with Crippen molar-refractivity contribution in [1.82, 2.24) is 0 Å². The highest BCUT2D eigenvalue weighted by molar-refractivity contribution is 5.87. The highest BCUT2D eigenvalue weighted by atomic mass is 16.7. The number of methoxy groups -OCH3 is 2. The summed E-state index contributed by atoms with van der Waals surface area (Å²) >= 11 is 0. The SMILES string of the molecule is COc1cc2oc(=O)ccc2c(OC)c1CC(O)C(C)(C)O[C@@H]1O[C@H](CO)[C@@H](O)[C@H](O)[C@H]1O. The van der Waals surface area contributed by atoms with Gasteiger partial charge in [-0.1, -0.05) is 0 Å². The van der Waals surface area contributed by atoms with E-state index in [1.165, 1.54) is 26.4 Å². The Hall–Kier alpha value is -2.25. The third-order valence-electron chi connectivity index (χ3n) is 5.83. The van der Waals surface area contributed by atoms with Gasteiger partial charge in [0.25, 0.3) is 0 Å². The molecule has 2 aromatic rings. The Balaban J connectivity index is 1.88. The number of fused-ring (bicyclic) bond motifs is 1. The van der Waals surface area contributed by atoms with Crippen LogP contribution >= 0.6 is 0 Å². The molecule has 33 heavy (non-hydrogen) atoms. The number of rotatable bonds is 8. The molecule has 1 saturated heterocycles. The van der Waals surface area contributed by atoms with Gasteiger partial charge >= 0.3 is 5.63 Å². The van der Waals surface area contributed by atoms with Crippen molar-refractivity contribution in [3.8, 4) is 11.5 Å². The molecule has 1 aromatic carbocycles. The van der Waals surface area contributed by atoms with Crippen LogP contribution in [-0.4, -0.2) is 88.8 Å². The van der Waals surface area contributed by atoms with E-state index in [9.17, 15) is 30.3 Å². The summed E-state index contributed by atoms with van der Waals surface area (Å²) < 4.78 is 27.3. The monoisotopic (exact) mass is 470 g/mol. The van der Waals surface area contributed by atoms with E-state index in [4.69, 9.17) is 23.4 Å². The van der Waals surface area contributed by atoms with Crippen molar-refractivity contribution in [2.45, 2.75) is 62.7 Å². The summed E-state index contributed by atoms with van der Waals surface area (Å²) in [5.41, 5.74) is -1.12. The van der Waals surface area contributed by atoms with Crippen molar-refractivity contribution in [2.24, 2.45) is 0 Å². The first-order valence-electron chi connectivity index (χ1n) is 10.4. The minimum absolute atomic E-state index is 0.0220. The Morgan fingerprint density at radius 1 is 1.09 bits per heavy atom. The molecule has 0 aliphatic carbocycles. The molecule has 1 aliphatic rings. The maximum Gasteiger partial charge on any atom is 0.336 e. The van der Waals surface area contributed by atoms with Crippen molar-refractivity contribution in [3.05, 3.63) is 34.2 Å². The van der Waals surface area contributed by atoms with E-state index in [1.54, 1.807) is 19.9 Å². The van der Waals surface area contributed by atoms with Gasteiger partial charge in [-0.25, -0.2) is 4.79 Å². The average molecular weight is 470 g/mol. The van der Waals surface area contributed by atoms with Crippen molar-refractivity contribution in [3.63, 3.8) is 0 Å². The molecule has 0 bridgehead atoms. The zero-order chi connectivity index (χ0) is 24.5. The lowest BCUT2D eigenvalue weighted by atomic mass is 9.92. The summed E-state index contributed by atoms with van der Waals surface area (Å²) in [6, 6.07) is 4.32. The molecule has 11 heteroatoms. The Morgan fingerprint density at radius 3 is 2.39 bits per heavy atom. The van der Waals surface area contributed by atoms with Gasteiger partial charge in [0.1, 0.15) is 41.5 Å². The number of ether oxygens (including phenoxy) is 4. The second-order valence-corrected chi connectivity index (χ2v) is 8.40. The van der Waals surface area contributed by atoms with E-state index in [0.29, 0.717) is 22.4 Å². The minimum Gasteiger partial charge on any atom is -0.496 e. The van der Waals surface area contributed by atoms with Gasteiger partial charge in [-0.2, -0.15) is 0 Å². The second kappa shape index (κ2) is 9.94. The molecule has 1 aromatic heterocycles. The van der Waals surface area contributed by atoms with Crippen LogP contribution in [0.2, 0.25) is 0 Å².